The summed E-state index contributed by atoms with van der Waals surface area (Å²) in [5, 5.41) is 0. The van der Waals surface area contributed by atoms with Gasteiger partial charge in [0.05, 0.1) is 12.5 Å². The van der Waals surface area contributed by atoms with E-state index in [0.29, 0.717) is 0 Å². The number of halogens is 1. The molecule has 1 saturated carbocycles. The Morgan fingerprint density at radius 1 is 1.37 bits per heavy atom. The number of primary amides is 1. The van der Waals surface area contributed by atoms with Crippen molar-refractivity contribution in [3.8, 4) is 0 Å². The maximum absolute atomic E-state index is 12.5. The van der Waals surface area contributed by atoms with Crippen LogP contribution in [0, 0.1) is 5.92 Å². The van der Waals surface area contributed by atoms with Crippen LogP contribution in [0.5, 0.6) is 0 Å². The Morgan fingerprint density at radius 3 is 2.37 bits per heavy atom. The number of nitrogens with zero attached hydrogens (tertiary/aromatic N) is 1. The maximum atomic E-state index is 12.5. The SMILES string of the molecule is CC(C)N(CC(N)=O)C(=O)C1CCCCC1(C)N.Cl. The number of nitrogens with two attached hydrogens (primary N) is 2. The molecule has 0 aliphatic heterocycles. The average Bonchev–Trinajstić information content (AvgIpc) is 2.23. The molecule has 0 aromatic carbocycles. The van der Waals surface area contributed by atoms with Crippen molar-refractivity contribution in [1.82, 2.24) is 4.90 Å². The van der Waals surface area contributed by atoms with E-state index in [9.17, 15) is 9.59 Å². The van der Waals surface area contributed by atoms with E-state index in [0.717, 1.165) is 25.7 Å². The lowest BCUT2D eigenvalue weighted by Gasteiger charge is -2.40. The van der Waals surface area contributed by atoms with Gasteiger partial charge in [-0.05, 0) is 33.6 Å². The van der Waals surface area contributed by atoms with Crippen LogP contribution in [0.3, 0.4) is 0 Å². The highest BCUT2D eigenvalue weighted by Gasteiger charge is 2.40. The van der Waals surface area contributed by atoms with Gasteiger partial charge in [-0.15, -0.1) is 12.4 Å². The summed E-state index contributed by atoms with van der Waals surface area (Å²) in [5.41, 5.74) is 11.0. The highest BCUT2D eigenvalue weighted by atomic mass is 35.5. The average molecular weight is 292 g/mol. The summed E-state index contributed by atoms with van der Waals surface area (Å²) in [6, 6.07) is -0.0391. The van der Waals surface area contributed by atoms with E-state index in [1.807, 2.05) is 20.8 Å². The number of rotatable bonds is 4. The van der Waals surface area contributed by atoms with E-state index in [-0.39, 0.29) is 36.8 Å². The molecular weight excluding hydrogens is 266 g/mol. The molecule has 0 heterocycles. The first-order valence-corrected chi connectivity index (χ1v) is 6.63. The second kappa shape index (κ2) is 7.10. The van der Waals surface area contributed by atoms with E-state index >= 15 is 0 Å². The minimum atomic E-state index is -0.480. The lowest BCUT2D eigenvalue weighted by molar-refractivity contribution is -0.143. The zero-order valence-electron chi connectivity index (χ0n) is 12.0. The predicted molar refractivity (Wildman–Crippen MR) is 77.8 cm³/mol. The van der Waals surface area contributed by atoms with Crippen LogP contribution >= 0.6 is 12.4 Å². The molecule has 0 aromatic heterocycles. The summed E-state index contributed by atoms with van der Waals surface area (Å²) < 4.78 is 0. The minimum Gasteiger partial charge on any atom is -0.368 e. The van der Waals surface area contributed by atoms with E-state index in [1.54, 1.807) is 4.90 Å². The van der Waals surface area contributed by atoms with Gasteiger partial charge < -0.3 is 16.4 Å². The van der Waals surface area contributed by atoms with Gasteiger partial charge in [0.1, 0.15) is 0 Å². The van der Waals surface area contributed by atoms with Gasteiger partial charge >= 0.3 is 0 Å². The summed E-state index contributed by atoms with van der Waals surface area (Å²) in [7, 11) is 0. The van der Waals surface area contributed by atoms with Crippen molar-refractivity contribution in [3.05, 3.63) is 0 Å². The first kappa shape index (κ1) is 18.2. The van der Waals surface area contributed by atoms with Crippen LogP contribution in [0.1, 0.15) is 46.5 Å². The van der Waals surface area contributed by atoms with E-state index in [4.69, 9.17) is 11.5 Å². The van der Waals surface area contributed by atoms with Gasteiger partial charge in [0.25, 0.3) is 0 Å². The van der Waals surface area contributed by atoms with Crippen molar-refractivity contribution in [2.24, 2.45) is 17.4 Å². The van der Waals surface area contributed by atoms with E-state index in [2.05, 4.69) is 0 Å². The molecule has 1 rings (SSSR count). The third-order valence-corrected chi connectivity index (χ3v) is 3.78. The molecule has 19 heavy (non-hydrogen) atoms. The van der Waals surface area contributed by atoms with Gasteiger partial charge in [0.2, 0.25) is 11.8 Å². The first-order chi connectivity index (χ1) is 8.25. The van der Waals surface area contributed by atoms with Gasteiger partial charge in [-0.3, -0.25) is 9.59 Å². The Morgan fingerprint density at radius 2 is 1.95 bits per heavy atom. The zero-order valence-corrected chi connectivity index (χ0v) is 12.8. The molecule has 2 atom stereocenters. The maximum Gasteiger partial charge on any atom is 0.237 e. The number of hydrogen-bond acceptors (Lipinski definition) is 3. The van der Waals surface area contributed by atoms with Gasteiger partial charge in [-0.25, -0.2) is 0 Å². The molecule has 0 saturated heterocycles. The highest BCUT2D eigenvalue weighted by molar-refractivity contribution is 5.86. The Balaban J connectivity index is 0.00000324. The van der Waals surface area contributed by atoms with Crippen molar-refractivity contribution in [2.45, 2.75) is 58.0 Å². The first-order valence-electron chi connectivity index (χ1n) is 6.63. The quantitative estimate of drug-likeness (QED) is 0.811. The van der Waals surface area contributed by atoms with Crippen LogP contribution in [-0.2, 0) is 9.59 Å². The van der Waals surface area contributed by atoms with Crippen LogP contribution in [0.25, 0.3) is 0 Å². The third kappa shape index (κ3) is 4.66. The summed E-state index contributed by atoms with van der Waals surface area (Å²) in [6.07, 6.45) is 3.74. The third-order valence-electron chi connectivity index (χ3n) is 3.78. The highest BCUT2D eigenvalue weighted by Crippen LogP contribution is 2.33. The standard InChI is InChI=1S/C13H25N3O2.ClH/c1-9(2)16(8-11(14)17)12(18)10-6-4-5-7-13(10,3)15;/h9-10H,4-8,15H2,1-3H3,(H2,14,17);1H. The monoisotopic (exact) mass is 291 g/mol. The molecule has 1 fully saturated rings. The van der Waals surface area contributed by atoms with E-state index < -0.39 is 11.4 Å². The van der Waals surface area contributed by atoms with Crippen molar-refractivity contribution in [3.63, 3.8) is 0 Å². The summed E-state index contributed by atoms with van der Waals surface area (Å²) in [6.45, 7) is 5.68. The largest absolute Gasteiger partial charge is 0.368 e. The van der Waals surface area contributed by atoms with Crippen molar-refractivity contribution >= 4 is 24.2 Å². The lowest BCUT2D eigenvalue weighted by atomic mass is 9.74. The number of amides is 2. The molecule has 1 aliphatic carbocycles. The Labute approximate surface area is 121 Å². The number of carbonyl (C=O) groups excluding carboxylic acids is 2. The molecule has 0 spiro atoms. The fraction of sp³-hybridized carbons (Fsp3) is 0.846. The zero-order chi connectivity index (χ0) is 13.9. The van der Waals surface area contributed by atoms with Crippen molar-refractivity contribution < 1.29 is 9.59 Å². The van der Waals surface area contributed by atoms with Gasteiger partial charge in [0, 0.05) is 11.6 Å². The molecule has 1 aliphatic rings. The molecule has 2 unspecified atom stereocenters. The molecule has 5 nitrogen and oxygen atoms in total. The second-order valence-electron chi connectivity index (χ2n) is 5.83. The topological polar surface area (TPSA) is 89.4 Å². The van der Waals surface area contributed by atoms with Crippen LogP contribution < -0.4 is 11.5 Å². The fourth-order valence-corrected chi connectivity index (χ4v) is 2.65. The van der Waals surface area contributed by atoms with E-state index in [1.165, 1.54) is 0 Å². The van der Waals surface area contributed by atoms with Gasteiger partial charge in [-0.2, -0.15) is 0 Å². The predicted octanol–water partition coefficient (Wildman–Crippen LogP) is 1.04. The normalized spacial score (nSPS) is 26.7. The molecule has 0 aromatic rings. The van der Waals surface area contributed by atoms with Crippen molar-refractivity contribution in [1.29, 1.82) is 0 Å². The fourth-order valence-electron chi connectivity index (χ4n) is 2.65. The molecule has 112 valence electrons. The molecule has 0 radical (unpaired) electrons. The molecule has 4 N–H and O–H groups in total. The van der Waals surface area contributed by atoms with Crippen LogP contribution in [-0.4, -0.2) is 34.8 Å². The smallest absolute Gasteiger partial charge is 0.237 e. The summed E-state index contributed by atoms with van der Waals surface area (Å²) in [5.74, 6) is -0.715. The lowest BCUT2D eigenvalue weighted by Crippen LogP contribution is -2.56. The molecule has 6 heteroatoms. The van der Waals surface area contributed by atoms with Crippen LogP contribution in [0.4, 0.5) is 0 Å². The van der Waals surface area contributed by atoms with Gasteiger partial charge in [-0.1, -0.05) is 12.8 Å². The summed E-state index contributed by atoms with van der Waals surface area (Å²) >= 11 is 0. The second-order valence-corrected chi connectivity index (χ2v) is 5.83. The van der Waals surface area contributed by atoms with Crippen molar-refractivity contribution in [2.75, 3.05) is 6.54 Å². The van der Waals surface area contributed by atoms with Crippen LogP contribution in [0.15, 0.2) is 0 Å². The number of hydrogen-bond donors (Lipinski definition) is 2. The number of carbonyl (C=O) groups is 2. The van der Waals surface area contributed by atoms with Crippen LogP contribution in [0.2, 0.25) is 0 Å². The Bertz CT molecular complexity index is 332. The summed E-state index contributed by atoms with van der Waals surface area (Å²) in [4.78, 5) is 25.1. The molecule has 2 amide bonds. The Hall–Kier alpha value is -0.810. The molecule has 0 bridgehead atoms. The van der Waals surface area contributed by atoms with Gasteiger partial charge in [0.15, 0.2) is 0 Å². The Kier molecular flexibility index (Phi) is 6.80. The molecular formula is C13H26ClN3O2. The minimum absolute atomic E-state index is 0.